The molecule has 2 aromatic carbocycles. The van der Waals surface area contributed by atoms with Crippen LogP contribution in [0.15, 0.2) is 53.6 Å². The van der Waals surface area contributed by atoms with Crippen LogP contribution in [-0.4, -0.2) is 48.8 Å². The molecule has 0 N–H and O–H groups in total. The second-order valence-corrected chi connectivity index (χ2v) is 5.80. The molecule has 4 rings (SSSR count). The molecule has 0 atom stereocenters. The van der Waals surface area contributed by atoms with Crippen LogP contribution in [0.25, 0.3) is 11.1 Å². The van der Waals surface area contributed by atoms with E-state index in [0.717, 1.165) is 31.9 Å². The molecule has 3 nitrogen and oxygen atoms in total. The lowest BCUT2D eigenvalue weighted by atomic mass is 10.1. The molecule has 106 valence electrons. The molecule has 1 saturated heterocycles. The summed E-state index contributed by atoms with van der Waals surface area (Å²) in [6, 6.07) is 17.2. The molecule has 21 heavy (non-hydrogen) atoms. The van der Waals surface area contributed by atoms with Gasteiger partial charge in [-0.1, -0.05) is 48.5 Å². The Labute approximate surface area is 125 Å². The zero-order valence-electron chi connectivity index (χ0n) is 12.3. The van der Waals surface area contributed by atoms with E-state index in [1.165, 1.54) is 22.3 Å². The van der Waals surface area contributed by atoms with Crippen molar-refractivity contribution in [3.8, 4) is 11.1 Å². The first-order valence-electron chi connectivity index (χ1n) is 7.54. The molecule has 0 radical (unpaired) electrons. The average Bonchev–Trinajstić information content (AvgIpc) is 2.85. The highest BCUT2D eigenvalue weighted by Crippen LogP contribution is 2.36. The zero-order chi connectivity index (χ0) is 14.2. The Morgan fingerprint density at radius 2 is 1.19 bits per heavy atom. The number of fused-ring (bicyclic) bond motifs is 3. The first-order chi connectivity index (χ1) is 10.3. The fourth-order valence-electron chi connectivity index (χ4n) is 3.14. The van der Waals surface area contributed by atoms with Crippen LogP contribution in [0, 0.1) is 0 Å². The molecule has 2 aliphatic rings. The molecule has 2 aromatic rings. The minimum absolute atomic E-state index is 1.00. The summed E-state index contributed by atoms with van der Waals surface area (Å²) in [7, 11) is 2.17. The summed E-state index contributed by atoms with van der Waals surface area (Å²) in [6.45, 7) is 4.18. The van der Waals surface area contributed by atoms with E-state index >= 15 is 0 Å². The first kappa shape index (κ1) is 12.6. The van der Waals surface area contributed by atoms with Gasteiger partial charge < -0.3 is 4.90 Å². The van der Waals surface area contributed by atoms with Crippen molar-refractivity contribution in [2.24, 2.45) is 5.10 Å². The lowest BCUT2D eigenvalue weighted by Crippen LogP contribution is -2.42. The SMILES string of the molecule is CN1CCN(N=C2c3ccccc3-c3ccccc32)CC1. The van der Waals surface area contributed by atoms with Crippen molar-refractivity contribution in [3.05, 3.63) is 59.7 Å². The Balaban J connectivity index is 1.78. The minimum Gasteiger partial charge on any atom is -0.303 e. The number of piperazine rings is 1. The molecule has 0 unspecified atom stereocenters. The molecule has 0 spiro atoms. The van der Waals surface area contributed by atoms with Gasteiger partial charge in [-0.15, -0.1) is 0 Å². The van der Waals surface area contributed by atoms with Gasteiger partial charge in [0.2, 0.25) is 0 Å². The predicted octanol–water partition coefficient (Wildman–Crippen LogP) is 2.67. The summed E-state index contributed by atoms with van der Waals surface area (Å²) in [5.74, 6) is 0. The van der Waals surface area contributed by atoms with Crippen molar-refractivity contribution in [2.45, 2.75) is 0 Å². The van der Waals surface area contributed by atoms with Crippen LogP contribution < -0.4 is 0 Å². The van der Waals surface area contributed by atoms with Crippen molar-refractivity contribution < 1.29 is 0 Å². The van der Waals surface area contributed by atoms with Gasteiger partial charge in [-0.3, -0.25) is 5.01 Å². The third-order valence-electron chi connectivity index (χ3n) is 4.38. The number of rotatable bonds is 1. The van der Waals surface area contributed by atoms with Gasteiger partial charge in [-0.05, 0) is 18.2 Å². The molecular formula is C18H19N3. The highest BCUT2D eigenvalue weighted by molar-refractivity contribution is 6.24. The van der Waals surface area contributed by atoms with E-state index in [9.17, 15) is 0 Å². The van der Waals surface area contributed by atoms with E-state index in [0.29, 0.717) is 0 Å². The van der Waals surface area contributed by atoms with Crippen molar-refractivity contribution >= 4 is 5.71 Å². The summed E-state index contributed by atoms with van der Waals surface area (Å²) in [5.41, 5.74) is 6.27. The van der Waals surface area contributed by atoms with Gasteiger partial charge in [-0.2, -0.15) is 5.10 Å². The predicted molar refractivity (Wildman–Crippen MR) is 86.6 cm³/mol. The van der Waals surface area contributed by atoms with Gasteiger partial charge in [-0.25, -0.2) is 0 Å². The van der Waals surface area contributed by atoms with Crippen molar-refractivity contribution in [1.82, 2.24) is 9.91 Å². The molecule has 0 saturated carbocycles. The maximum absolute atomic E-state index is 4.98. The smallest absolute Gasteiger partial charge is 0.0988 e. The second-order valence-electron chi connectivity index (χ2n) is 5.80. The van der Waals surface area contributed by atoms with Crippen LogP contribution in [0.4, 0.5) is 0 Å². The fourth-order valence-corrected chi connectivity index (χ4v) is 3.14. The molecule has 1 fully saturated rings. The van der Waals surface area contributed by atoms with Crippen molar-refractivity contribution in [3.63, 3.8) is 0 Å². The summed E-state index contributed by atoms with van der Waals surface area (Å²) in [6.07, 6.45) is 0. The second kappa shape index (κ2) is 5.01. The standard InChI is InChI=1S/C18H19N3/c1-20-10-12-21(13-11-20)19-18-16-8-4-2-6-14(16)15-7-3-5-9-17(15)18/h2-9H,10-13H2,1H3. The van der Waals surface area contributed by atoms with E-state index in [2.05, 4.69) is 65.5 Å². The maximum Gasteiger partial charge on any atom is 0.0988 e. The maximum atomic E-state index is 4.98. The van der Waals surface area contributed by atoms with E-state index in [1.807, 2.05) is 0 Å². The number of hydrogen-bond acceptors (Lipinski definition) is 3. The lowest BCUT2D eigenvalue weighted by Gasteiger charge is -2.30. The van der Waals surface area contributed by atoms with Crippen molar-refractivity contribution in [1.29, 1.82) is 0 Å². The molecule has 0 aromatic heterocycles. The fraction of sp³-hybridized carbons (Fsp3) is 0.278. The van der Waals surface area contributed by atoms with E-state index in [-0.39, 0.29) is 0 Å². The van der Waals surface area contributed by atoms with E-state index in [1.54, 1.807) is 0 Å². The summed E-state index contributed by atoms with van der Waals surface area (Å²) in [4.78, 5) is 2.35. The Hall–Kier alpha value is -2.13. The van der Waals surface area contributed by atoms with Crippen LogP contribution in [0.1, 0.15) is 11.1 Å². The Morgan fingerprint density at radius 3 is 1.71 bits per heavy atom. The first-order valence-corrected chi connectivity index (χ1v) is 7.54. The van der Waals surface area contributed by atoms with Gasteiger partial charge in [0.15, 0.2) is 0 Å². The van der Waals surface area contributed by atoms with Gasteiger partial charge in [0.25, 0.3) is 0 Å². The van der Waals surface area contributed by atoms with Gasteiger partial charge in [0, 0.05) is 37.3 Å². The average molecular weight is 277 g/mol. The van der Waals surface area contributed by atoms with Crippen LogP contribution in [-0.2, 0) is 0 Å². The number of likely N-dealkylation sites (N-methyl/N-ethyl adjacent to an activating group) is 1. The number of nitrogens with zero attached hydrogens (tertiary/aromatic N) is 3. The Bertz CT molecular complexity index is 650. The van der Waals surface area contributed by atoms with Crippen LogP contribution in [0.3, 0.4) is 0 Å². The molecule has 1 heterocycles. The lowest BCUT2D eigenvalue weighted by molar-refractivity contribution is 0.159. The van der Waals surface area contributed by atoms with Crippen molar-refractivity contribution in [2.75, 3.05) is 33.2 Å². The van der Waals surface area contributed by atoms with Crippen LogP contribution >= 0.6 is 0 Å². The van der Waals surface area contributed by atoms with Gasteiger partial charge in [0.1, 0.15) is 0 Å². The molecule has 0 bridgehead atoms. The largest absolute Gasteiger partial charge is 0.303 e. The Morgan fingerprint density at radius 1 is 0.714 bits per heavy atom. The number of benzene rings is 2. The Kier molecular flexibility index (Phi) is 3.00. The van der Waals surface area contributed by atoms with Gasteiger partial charge >= 0.3 is 0 Å². The third-order valence-corrected chi connectivity index (χ3v) is 4.38. The topological polar surface area (TPSA) is 18.8 Å². The monoisotopic (exact) mass is 277 g/mol. The highest BCUT2D eigenvalue weighted by atomic mass is 15.5. The summed E-state index contributed by atoms with van der Waals surface area (Å²) in [5, 5.41) is 7.19. The zero-order valence-corrected chi connectivity index (χ0v) is 12.3. The summed E-state index contributed by atoms with van der Waals surface area (Å²) < 4.78 is 0. The molecule has 0 amide bonds. The van der Waals surface area contributed by atoms with Crippen LogP contribution in [0.5, 0.6) is 0 Å². The quantitative estimate of drug-likeness (QED) is 0.681. The van der Waals surface area contributed by atoms with E-state index < -0.39 is 0 Å². The van der Waals surface area contributed by atoms with Gasteiger partial charge in [0.05, 0.1) is 5.71 Å². The molecule has 1 aliphatic carbocycles. The highest BCUT2D eigenvalue weighted by Gasteiger charge is 2.25. The normalized spacial score (nSPS) is 17.6. The molecular weight excluding hydrogens is 258 g/mol. The van der Waals surface area contributed by atoms with E-state index in [4.69, 9.17) is 5.10 Å². The minimum atomic E-state index is 1.00. The van der Waals surface area contributed by atoms with Crippen LogP contribution in [0.2, 0.25) is 0 Å². The summed E-state index contributed by atoms with van der Waals surface area (Å²) >= 11 is 0. The number of hydrazone groups is 1. The number of hydrogen-bond donors (Lipinski definition) is 0. The molecule has 3 heteroatoms. The molecule has 1 aliphatic heterocycles. The third kappa shape index (κ3) is 2.14.